The summed E-state index contributed by atoms with van der Waals surface area (Å²) in [6, 6.07) is 1.37. The summed E-state index contributed by atoms with van der Waals surface area (Å²) in [5.41, 5.74) is 1.84. The molecule has 0 saturated carbocycles. The highest BCUT2D eigenvalue weighted by atomic mass is 32.1. The number of allylic oxidation sites excluding steroid dienone is 1. The van der Waals surface area contributed by atoms with Crippen LogP contribution in [0, 0.1) is 13.8 Å². The lowest BCUT2D eigenvalue weighted by Crippen LogP contribution is -1.94. The smallest absolute Gasteiger partial charge is 0.345 e. The Morgan fingerprint density at radius 3 is 2.68 bits per heavy atom. The van der Waals surface area contributed by atoms with Crippen molar-refractivity contribution in [1.82, 2.24) is 5.16 Å². The molecule has 0 radical (unpaired) electrons. The monoisotopic (exact) mass is 277 g/mol. The number of aromatic nitrogens is 1. The first kappa shape index (κ1) is 13.2. The topological polar surface area (TPSA) is 80.4 Å². The minimum atomic E-state index is -1.03. The molecule has 19 heavy (non-hydrogen) atoms. The Balaban J connectivity index is 2.19. The second-order valence-electron chi connectivity index (χ2n) is 3.94. The molecule has 2 aromatic rings. The van der Waals surface area contributed by atoms with E-state index in [0.717, 1.165) is 16.9 Å². The van der Waals surface area contributed by atoms with Gasteiger partial charge in [0.05, 0.1) is 5.69 Å². The van der Waals surface area contributed by atoms with Crippen LogP contribution in [0.25, 0.3) is 6.08 Å². The van der Waals surface area contributed by atoms with Crippen molar-refractivity contribution < 1.29 is 19.2 Å². The van der Waals surface area contributed by atoms with E-state index in [1.165, 1.54) is 17.5 Å². The van der Waals surface area contributed by atoms with E-state index in [1.807, 2.05) is 0 Å². The molecule has 6 heteroatoms. The van der Waals surface area contributed by atoms with E-state index < -0.39 is 5.97 Å². The summed E-state index contributed by atoms with van der Waals surface area (Å²) in [6.45, 7) is 3.55. The van der Waals surface area contributed by atoms with E-state index in [1.54, 1.807) is 19.9 Å². The fourth-order valence-electron chi connectivity index (χ4n) is 1.56. The molecule has 0 amide bonds. The number of hydrogen-bond donors (Lipinski definition) is 1. The van der Waals surface area contributed by atoms with Gasteiger partial charge < -0.3 is 9.63 Å². The Morgan fingerprint density at radius 2 is 2.16 bits per heavy atom. The van der Waals surface area contributed by atoms with Gasteiger partial charge in [-0.2, -0.15) is 0 Å². The zero-order valence-electron chi connectivity index (χ0n) is 10.3. The van der Waals surface area contributed by atoms with Crippen molar-refractivity contribution in [1.29, 1.82) is 0 Å². The van der Waals surface area contributed by atoms with Crippen molar-refractivity contribution >= 4 is 29.2 Å². The summed E-state index contributed by atoms with van der Waals surface area (Å²) in [4.78, 5) is 22.8. The summed E-state index contributed by atoms with van der Waals surface area (Å²) in [5.74, 6) is -0.638. The van der Waals surface area contributed by atoms with E-state index in [-0.39, 0.29) is 10.7 Å². The van der Waals surface area contributed by atoms with Crippen LogP contribution in [0.4, 0.5) is 0 Å². The van der Waals surface area contributed by atoms with Crippen molar-refractivity contribution in [2.75, 3.05) is 0 Å². The maximum absolute atomic E-state index is 11.9. The molecule has 98 valence electrons. The van der Waals surface area contributed by atoms with E-state index in [0.29, 0.717) is 17.0 Å². The Morgan fingerprint density at radius 1 is 1.42 bits per heavy atom. The summed E-state index contributed by atoms with van der Waals surface area (Å²) in [7, 11) is 0. The van der Waals surface area contributed by atoms with Crippen molar-refractivity contribution in [3.8, 4) is 0 Å². The molecule has 0 aliphatic heterocycles. The zero-order chi connectivity index (χ0) is 14.0. The fourth-order valence-corrected chi connectivity index (χ4v) is 2.29. The lowest BCUT2D eigenvalue weighted by molar-refractivity contribution is 0.0702. The van der Waals surface area contributed by atoms with Crippen molar-refractivity contribution in [2.45, 2.75) is 13.8 Å². The molecule has 0 fully saturated rings. The first-order valence-electron chi connectivity index (χ1n) is 5.46. The predicted octanol–water partition coefficient (Wildman–Crippen LogP) is 2.95. The molecule has 0 unspecified atom stereocenters. The van der Waals surface area contributed by atoms with Crippen LogP contribution in [0.2, 0.25) is 0 Å². The van der Waals surface area contributed by atoms with Crippen LogP contribution in [0.1, 0.15) is 37.0 Å². The van der Waals surface area contributed by atoms with Gasteiger partial charge in [-0.15, -0.1) is 11.3 Å². The normalized spacial score (nSPS) is 11.1. The average molecular weight is 277 g/mol. The molecule has 2 aromatic heterocycles. The molecule has 1 N–H and O–H groups in total. The summed E-state index contributed by atoms with van der Waals surface area (Å²) < 4.78 is 4.98. The van der Waals surface area contributed by atoms with Gasteiger partial charge in [-0.3, -0.25) is 4.79 Å². The Hall–Kier alpha value is -2.21. The highest BCUT2D eigenvalue weighted by molar-refractivity contribution is 7.12. The Bertz CT molecular complexity index is 646. The number of carboxylic acid groups (broad SMARTS) is 1. The first-order valence-corrected chi connectivity index (χ1v) is 6.34. The molecular formula is C13H11NO4S. The molecule has 0 bridgehead atoms. The van der Waals surface area contributed by atoms with Crippen molar-refractivity contribution in [3.05, 3.63) is 45.0 Å². The van der Waals surface area contributed by atoms with Gasteiger partial charge >= 0.3 is 5.97 Å². The van der Waals surface area contributed by atoms with Gasteiger partial charge in [-0.25, -0.2) is 4.79 Å². The molecule has 0 saturated heterocycles. The maximum atomic E-state index is 11.9. The molecule has 5 nitrogen and oxygen atoms in total. The van der Waals surface area contributed by atoms with E-state index >= 15 is 0 Å². The van der Waals surface area contributed by atoms with Gasteiger partial charge in [-0.05, 0) is 32.1 Å². The lowest BCUT2D eigenvalue weighted by Gasteiger charge is -1.90. The SMILES string of the molecule is Cc1noc(C)c1C=CC(=O)c1csc(C(=O)O)c1. The molecule has 0 aliphatic carbocycles. The number of ketones is 1. The van der Waals surface area contributed by atoms with Gasteiger partial charge in [0.2, 0.25) is 0 Å². The molecule has 0 aromatic carbocycles. The first-order chi connectivity index (χ1) is 8.99. The standard InChI is InChI=1S/C13H11NO4S/c1-7-10(8(2)18-14-7)3-4-11(15)9-5-12(13(16)17)19-6-9/h3-6H,1-2H3,(H,16,17). The van der Waals surface area contributed by atoms with Crippen LogP contribution < -0.4 is 0 Å². The van der Waals surface area contributed by atoms with E-state index in [9.17, 15) is 9.59 Å². The minimum absolute atomic E-state index is 0.147. The molecule has 0 aliphatic rings. The average Bonchev–Trinajstić information content (AvgIpc) is 2.95. The minimum Gasteiger partial charge on any atom is -0.477 e. The second kappa shape index (κ2) is 5.19. The number of carbonyl (C=O) groups is 2. The van der Waals surface area contributed by atoms with Crippen LogP contribution in [-0.4, -0.2) is 22.0 Å². The van der Waals surface area contributed by atoms with Crippen molar-refractivity contribution in [3.63, 3.8) is 0 Å². The van der Waals surface area contributed by atoms with E-state index in [4.69, 9.17) is 9.63 Å². The largest absolute Gasteiger partial charge is 0.477 e. The molecule has 0 spiro atoms. The highest BCUT2D eigenvalue weighted by Crippen LogP contribution is 2.17. The molecule has 2 heterocycles. The van der Waals surface area contributed by atoms with Crippen LogP contribution in [0.5, 0.6) is 0 Å². The number of carbonyl (C=O) groups excluding carboxylic acids is 1. The fraction of sp³-hybridized carbons (Fsp3) is 0.154. The van der Waals surface area contributed by atoms with Crippen molar-refractivity contribution in [2.24, 2.45) is 0 Å². The summed E-state index contributed by atoms with van der Waals surface area (Å²) >= 11 is 1.03. The third-order valence-corrected chi connectivity index (χ3v) is 3.50. The number of rotatable bonds is 4. The second-order valence-corrected chi connectivity index (χ2v) is 4.85. The van der Waals surface area contributed by atoms with Crippen LogP contribution >= 0.6 is 11.3 Å². The summed E-state index contributed by atoms with van der Waals surface area (Å²) in [6.07, 6.45) is 3.02. The predicted molar refractivity (Wildman–Crippen MR) is 70.6 cm³/mol. The van der Waals surface area contributed by atoms with Crippen LogP contribution in [0.15, 0.2) is 22.0 Å². The zero-order valence-corrected chi connectivity index (χ0v) is 11.2. The maximum Gasteiger partial charge on any atom is 0.345 e. The van der Waals surface area contributed by atoms with Gasteiger partial charge in [-0.1, -0.05) is 5.16 Å². The number of carboxylic acids is 1. The van der Waals surface area contributed by atoms with Crippen LogP contribution in [0.3, 0.4) is 0 Å². The van der Waals surface area contributed by atoms with Gasteiger partial charge in [0, 0.05) is 16.5 Å². The molecular weight excluding hydrogens is 266 g/mol. The molecule has 2 rings (SSSR count). The number of hydrogen-bond acceptors (Lipinski definition) is 5. The quantitative estimate of drug-likeness (QED) is 0.686. The number of aromatic carboxylic acids is 1. The number of nitrogens with zero attached hydrogens (tertiary/aromatic N) is 1. The Kier molecular flexibility index (Phi) is 3.62. The third-order valence-electron chi connectivity index (χ3n) is 2.58. The third kappa shape index (κ3) is 2.79. The van der Waals surface area contributed by atoms with Gasteiger partial charge in [0.1, 0.15) is 10.6 Å². The molecule has 0 atom stereocenters. The Labute approximate surface area is 113 Å². The lowest BCUT2D eigenvalue weighted by atomic mass is 10.1. The summed E-state index contributed by atoms with van der Waals surface area (Å²) in [5, 5.41) is 14.1. The van der Waals surface area contributed by atoms with Gasteiger partial charge in [0.25, 0.3) is 0 Å². The van der Waals surface area contributed by atoms with Gasteiger partial charge in [0.15, 0.2) is 5.78 Å². The number of aryl methyl sites for hydroxylation is 2. The highest BCUT2D eigenvalue weighted by Gasteiger charge is 2.11. The number of thiophene rings is 1. The van der Waals surface area contributed by atoms with E-state index in [2.05, 4.69) is 5.16 Å². The van der Waals surface area contributed by atoms with Crippen LogP contribution in [-0.2, 0) is 0 Å².